The van der Waals surface area contributed by atoms with Crippen molar-refractivity contribution in [2.24, 2.45) is 5.73 Å². The van der Waals surface area contributed by atoms with Crippen molar-refractivity contribution in [3.05, 3.63) is 22.7 Å². The summed E-state index contributed by atoms with van der Waals surface area (Å²) >= 11 is 0. The fourth-order valence-corrected chi connectivity index (χ4v) is 2.73. The Morgan fingerprint density at radius 1 is 1.39 bits per heavy atom. The maximum absolute atomic E-state index is 14.3. The van der Waals surface area contributed by atoms with Crippen LogP contribution in [0, 0.1) is 0 Å². The molecule has 6 N–H and O–H groups in total. The van der Waals surface area contributed by atoms with Crippen LogP contribution in [0.1, 0.15) is 31.9 Å². The third-order valence-electron chi connectivity index (χ3n) is 4.26. The number of carbonyl (C=O) groups is 1. The van der Waals surface area contributed by atoms with E-state index in [1.807, 2.05) is 0 Å². The first-order chi connectivity index (χ1) is 13.3. The highest BCUT2D eigenvalue weighted by molar-refractivity contribution is 5.67. The fraction of sp³-hybridized carbons (Fsp3) is 0.688. The van der Waals surface area contributed by atoms with Gasteiger partial charge in [0.05, 0.1) is 0 Å². The summed E-state index contributed by atoms with van der Waals surface area (Å²) in [6.45, 7) is 0.371. The normalized spacial score (nSPS) is 23.5. The number of alkyl carbamates (subject to hydrolysis) is 1. The average molecular weight is 405 g/mol. The van der Waals surface area contributed by atoms with Gasteiger partial charge in [-0.2, -0.15) is 13.8 Å². The number of carbonyl (C=O) groups excluding carboxylic acids is 1. The molecule has 10 nitrogen and oxygen atoms in total. The van der Waals surface area contributed by atoms with Crippen LogP contribution in [-0.4, -0.2) is 58.6 Å². The number of hydrogen-bond acceptors (Lipinski definition) is 8. The van der Waals surface area contributed by atoms with E-state index in [0.717, 1.165) is 37.9 Å². The van der Waals surface area contributed by atoms with Crippen molar-refractivity contribution in [2.75, 3.05) is 25.4 Å². The minimum Gasteiger partial charge on any atom is -0.447 e. The van der Waals surface area contributed by atoms with Crippen molar-refractivity contribution in [1.29, 1.82) is 0 Å². The van der Waals surface area contributed by atoms with Crippen molar-refractivity contribution < 1.29 is 28.2 Å². The number of hydrogen-bond donors (Lipinski definition) is 4. The van der Waals surface area contributed by atoms with Gasteiger partial charge in [-0.05, 0) is 25.5 Å². The molecule has 0 aromatic carbocycles. The lowest BCUT2D eigenvalue weighted by Gasteiger charge is -2.20. The summed E-state index contributed by atoms with van der Waals surface area (Å²) in [5.41, 5.74) is 9.66. The van der Waals surface area contributed by atoms with E-state index < -0.39 is 42.7 Å². The smallest absolute Gasteiger partial charge is 0.407 e. The molecule has 3 atom stereocenters. The minimum atomic E-state index is -3.80. The van der Waals surface area contributed by atoms with Gasteiger partial charge >= 0.3 is 17.7 Å². The van der Waals surface area contributed by atoms with Crippen molar-refractivity contribution >= 4 is 11.9 Å². The number of nitrogens with zero attached hydrogens (tertiary/aromatic N) is 2. The number of aromatic nitrogens is 2. The Morgan fingerprint density at radius 3 is 2.79 bits per heavy atom. The summed E-state index contributed by atoms with van der Waals surface area (Å²) in [5, 5.41) is 12.3. The van der Waals surface area contributed by atoms with Crippen LogP contribution in [0.5, 0.6) is 0 Å². The molecule has 1 aliphatic rings. The van der Waals surface area contributed by atoms with E-state index in [1.54, 1.807) is 0 Å². The number of unbranched alkanes of at least 4 members (excludes halogenated alkanes) is 3. The Hall–Kier alpha value is -2.31. The number of nitrogen functional groups attached to an aromatic ring is 1. The highest BCUT2D eigenvalue weighted by atomic mass is 19.3. The Labute approximate surface area is 159 Å². The first kappa shape index (κ1) is 22.0. The monoisotopic (exact) mass is 405 g/mol. The molecule has 3 unspecified atom stereocenters. The molecule has 0 radical (unpaired) electrons. The standard InChI is InChI=1S/C16H25F2N5O5/c17-16(18)12(24)10(9-27-15(26)21-7-4-2-1-3-6-19)28-13(16)23-8-5-11(20)22-14(23)25/h5,8,10,12-13,24H,1-4,6-7,9,19H2,(H,21,26)(H2,20,22,25). The molecule has 2 heterocycles. The lowest BCUT2D eigenvalue weighted by Crippen LogP contribution is -2.42. The zero-order valence-electron chi connectivity index (χ0n) is 15.2. The molecule has 0 spiro atoms. The van der Waals surface area contributed by atoms with Crippen LogP contribution in [0.3, 0.4) is 0 Å². The molecule has 1 fully saturated rings. The Kier molecular flexibility index (Phi) is 7.66. The molecule has 1 aromatic heterocycles. The summed E-state index contributed by atoms with van der Waals surface area (Å²) in [5.74, 6) is -3.93. The largest absolute Gasteiger partial charge is 0.447 e. The predicted octanol–water partition coefficient (Wildman–Crippen LogP) is -0.0356. The molecule has 0 aliphatic carbocycles. The van der Waals surface area contributed by atoms with Crippen LogP contribution < -0.4 is 22.5 Å². The number of amides is 1. The van der Waals surface area contributed by atoms with Crippen LogP contribution >= 0.6 is 0 Å². The van der Waals surface area contributed by atoms with E-state index in [9.17, 15) is 23.5 Å². The van der Waals surface area contributed by atoms with Crippen LogP contribution in [-0.2, 0) is 9.47 Å². The molecule has 1 saturated heterocycles. The van der Waals surface area contributed by atoms with Crippen LogP contribution in [0.15, 0.2) is 17.1 Å². The number of rotatable bonds is 9. The van der Waals surface area contributed by atoms with E-state index in [4.69, 9.17) is 20.9 Å². The number of aliphatic hydroxyl groups is 1. The maximum atomic E-state index is 14.3. The van der Waals surface area contributed by atoms with Gasteiger partial charge in [-0.15, -0.1) is 0 Å². The van der Waals surface area contributed by atoms with E-state index in [0.29, 0.717) is 17.7 Å². The summed E-state index contributed by atoms with van der Waals surface area (Å²) in [6.07, 6.45) is -2.23. The van der Waals surface area contributed by atoms with Gasteiger partial charge < -0.3 is 31.4 Å². The van der Waals surface area contributed by atoms with Gasteiger partial charge in [0.1, 0.15) is 18.5 Å². The second-order valence-corrected chi connectivity index (χ2v) is 6.42. The van der Waals surface area contributed by atoms with Crippen molar-refractivity contribution in [3.8, 4) is 0 Å². The van der Waals surface area contributed by atoms with Gasteiger partial charge in [0.25, 0.3) is 0 Å². The molecule has 0 saturated carbocycles. The molecule has 1 aliphatic heterocycles. The number of anilines is 1. The quantitative estimate of drug-likeness (QED) is 0.417. The van der Waals surface area contributed by atoms with Gasteiger partial charge in [0.15, 0.2) is 6.10 Å². The molecule has 1 aromatic rings. The summed E-state index contributed by atoms with van der Waals surface area (Å²) in [7, 11) is 0. The topological polar surface area (TPSA) is 155 Å². The van der Waals surface area contributed by atoms with Crippen LogP contribution in [0.4, 0.5) is 19.4 Å². The second kappa shape index (κ2) is 9.75. The minimum absolute atomic E-state index is 0.136. The number of halogens is 2. The number of alkyl halides is 2. The Bertz CT molecular complexity index is 717. The molecule has 0 bridgehead atoms. The fourth-order valence-electron chi connectivity index (χ4n) is 2.73. The third-order valence-corrected chi connectivity index (χ3v) is 4.26. The highest BCUT2D eigenvalue weighted by Gasteiger charge is 2.60. The van der Waals surface area contributed by atoms with E-state index in [2.05, 4.69) is 10.3 Å². The zero-order valence-corrected chi connectivity index (χ0v) is 15.2. The van der Waals surface area contributed by atoms with Gasteiger partial charge in [-0.3, -0.25) is 4.57 Å². The number of nitrogens with one attached hydrogen (secondary N) is 1. The van der Waals surface area contributed by atoms with E-state index in [-0.39, 0.29) is 5.82 Å². The lowest BCUT2D eigenvalue weighted by atomic mass is 10.1. The Morgan fingerprint density at radius 2 is 2.11 bits per heavy atom. The average Bonchev–Trinajstić information content (AvgIpc) is 2.86. The van der Waals surface area contributed by atoms with E-state index >= 15 is 0 Å². The first-order valence-electron chi connectivity index (χ1n) is 8.94. The molecule has 28 heavy (non-hydrogen) atoms. The van der Waals surface area contributed by atoms with Crippen molar-refractivity contribution in [2.45, 2.75) is 50.0 Å². The first-order valence-corrected chi connectivity index (χ1v) is 8.94. The van der Waals surface area contributed by atoms with Crippen LogP contribution in [0.2, 0.25) is 0 Å². The lowest BCUT2D eigenvalue weighted by molar-refractivity contribution is -0.140. The summed E-state index contributed by atoms with van der Waals surface area (Å²) < 4.78 is 39.1. The predicted molar refractivity (Wildman–Crippen MR) is 94.6 cm³/mol. The molecule has 158 valence electrons. The molecular formula is C16H25F2N5O5. The number of nitrogens with two attached hydrogens (primary N) is 2. The van der Waals surface area contributed by atoms with Crippen molar-refractivity contribution in [3.63, 3.8) is 0 Å². The third kappa shape index (κ3) is 5.36. The van der Waals surface area contributed by atoms with Gasteiger partial charge in [0, 0.05) is 12.7 Å². The Balaban J connectivity index is 1.86. The maximum Gasteiger partial charge on any atom is 0.407 e. The summed E-state index contributed by atoms with van der Waals surface area (Å²) in [4.78, 5) is 26.8. The number of aliphatic hydroxyl groups excluding tert-OH is 1. The summed E-state index contributed by atoms with van der Waals surface area (Å²) in [6, 6.07) is 1.15. The highest BCUT2D eigenvalue weighted by Crippen LogP contribution is 2.42. The molecule has 1 amide bonds. The number of ether oxygens (including phenoxy) is 2. The molecular weight excluding hydrogens is 380 g/mol. The van der Waals surface area contributed by atoms with Gasteiger partial charge in [-0.1, -0.05) is 12.8 Å². The van der Waals surface area contributed by atoms with Crippen molar-refractivity contribution in [1.82, 2.24) is 14.9 Å². The van der Waals surface area contributed by atoms with Gasteiger partial charge in [0.2, 0.25) is 6.23 Å². The van der Waals surface area contributed by atoms with E-state index in [1.165, 1.54) is 0 Å². The zero-order chi connectivity index (χ0) is 20.7. The van der Waals surface area contributed by atoms with Gasteiger partial charge in [-0.25, -0.2) is 9.59 Å². The van der Waals surface area contributed by atoms with Crippen LogP contribution in [0.25, 0.3) is 0 Å². The second-order valence-electron chi connectivity index (χ2n) is 6.42. The molecule has 2 rings (SSSR count). The SMILES string of the molecule is NCCCCCCNC(=O)OCC1OC(n2ccc(N)nc2=O)C(F)(F)C1O. The molecule has 12 heteroatoms.